The van der Waals surface area contributed by atoms with E-state index in [1.807, 2.05) is 18.2 Å². The number of hydrogen-bond acceptors (Lipinski definition) is 4. The van der Waals surface area contributed by atoms with Gasteiger partial charge in [0.05, 0.1) is 20.1 Å². The van der Waals surface area contributed by atoms with Crippen molar-refractivity contribution in [2.75, 3.05) is 33.9 Å². The van der Waals surface area contributed by atoms with Gasteiger partial charge in [0, 0.05) is 31.1 Å². The summed E-state index contributed by atoms with van der Waals surface area (Å²) in [5.74, 6) is 0.873. The fourth-order valence-electron chi connectivity index (χ4n) is 4.36. The molecule has 0 bridgehead atoms. The number of carboxylic acid groups (broad SMARTS) is 1. The maximum atomic E-state index is 11.8. The lowest BCUT2D eigenvalue weighted by molar-refractivity contribution is -0.141. The molecule has 1 aromatic carbocycles. The van der Waals surface area contributed by atoms with Crippen LogP contribution >= 0.6 is 0 Å². The van der Waals surface area contributed by atoms with E-state index in [1.54, 1.807) is 14.2 Å². The highest BCUT2D eigenvalue weighted by molar-refractivity contribution is 5.73. The SMILES string of the molecule is COc1cccc([C@@H]2CN(CC3CCCC3)C[C@H]2C(=O)O)c1OC. The zero-order valence-electron chi connectivity index (χ0n) is 14.5. The zero-order valence-corrected chi connectivity index (χ0v) is 14.5. The standard InChI is InChI=1S/C19H27NO4/c1-23-17-9-5-8-14(18(17)24-2)15-11-20(12-16(15)19(21)22)10-13-6-3-4-7-13/h5,8-9,13,15-16H,3-4,6-7,10-12H2,1-2H3,(H,21,22)/t15-,16+/m0/s1. The lowest BCUT2D eigenvalue weighted by atomic mass is 9.88. The molecule has 1 aliphatic heterocycles. The molecule has 2 aliphatic rings. The Labute approximate surface area is 143 Å². The number of para-hydroxylation sites is 1. The van der Waals surface area contributed by atoms with Crippen LogP contribution in [0, 0.1) is 11.8 Å². The third-order valence-electron chi connectivity index (χ3n) is 5.54. The number of carbonyl (C=O) groups is 1. The molecule has 24 heavy (non-hydrogen) atoms. The first-order chi connectivity index (χ1) is 11.6. The summed E-state index contributed by atoms with van der Waals surface area (Å²) in [6, 6.07) is 5.74. The van der Waals surface area contributed by atoms with Gasteiger partial charge < -0.3 is 19.5 Å². The van der Waals surface area contributed by atoms with E-state index >= 15 is 0 Å². The number of carboxylic acids is 1. The zero-order chi connectivity index (χ0) is 17.1. The van der Waals surface area contributed by atoms with Gasteiger partial charge in [0.15, 0.2) is 11.5 Å². The van der Waals surface area contributed by atoms with E-state index in [0.29, 0.717) is 18.0 Å². The van der Waals surface area contributed by atoms with E-state index < -0.39 is 11.9 Å². The quantitative estimate of drug-likeness (QED) is 0.867. The van der Waals surface area contributed by atoms with E-state index in [2.05, 4.69) is 4.90 Å². The number of ether oxygens (including phenoxy) is 2. The Morgan fingerprint density at radius 2 is 1.96 bits per heavy atom. The first kappa shape index (κ1) is 17.1. The highest BCUT2D eigenvalue weighted by Gasteiger charge is 2.40. The summed E-state index contributed by atoms with van der Waals surface area (Å²) in [5, 5.41) is 9.71. The predicted molar refractivity (Wildman–Crippen MR) is 91.8 cm³/mol. The summed E-state index contributed by atoms with van der Waals surface area (Å²) in [6.07, 6.45) is 5.19. The molecule has 2 atom stereocenters. The molecule has 0 spiro atoms. The summed E-state index contributed by atoms with van der Waals surface area (Å²) < 4.78 is 10.9. The molecule has 1 N–H and O–H groups in total. The van der Waals surface area contributed by atoms with Gasteiger partial charge in [-0.15, -0.1) is 0 Å². The number of hydrogen-bond donors (Lipinski definition) is 1. The summed E-state index contributed by atoms with van der Waals surface area (Å²) >= 11 is 0. The maximum absolute atomic E-state index is 11.8. The average Bonchev–Trinajstić information content (AvgIpc) is 3.24. The van der Waals surface area contributed by atoms with Gasteiger partial charge in [-0.05, 0) is 24.8 Å². The minimum Gasteiger partial charge on any atom is -0.493 e. The van der Waals surface area contributed by atoms with Gasteiger partial charge in [-0.2, -0.15) is 0 Å². The Hall–Kier alpha value is -1.75. The van der Waals surface area contributed by atoms with Crippen molar-refractivity contribution in [3.05, 3.63) is 23.8 Å². The first-order valence-electron chi connectivity index (χ1n) is 8.80. The molecule has 1 heterocycles. The molecule has 3 rings (SSSR count). The van der Waals surface area contributed by atoms with Crippen LogP contribution in [-0.2, 0) is 4.79 Å². The number of aliphatic carboxylic acids is 1. The first-order valence-corrected chi connectivity index (χ1v) is 8.80. The van der Waals surface area contributed by atoms with Crippen molar-refractivity contribution in [1.82, 2.24) is 4.90 Å². The number of likely N-dealkylation sites (tertiary alicyclic amines) is 1. The van der Waals surface area contributed by atoms with Crippen LogP contribution in [-0.4, -0.2) is 49.8 Å². The normalized spacial score (nSPS) is 25.1. The number of methoxy groups -OCH3 is 2. The van der Waals surface area contributed by atoms with Crippen LogP contribution in [0.5, 0.6) is 11.5 Å². The maximum Gasteiger partial charge on any atom is 0.308 e. The Morgan fingerprint density at radius 3 is 2.58 bits per heavy atom. The van der Waals surface area contributed by atoms with Crippen molar-refractivity contribution < 1.29 is 19.4 Å². The molecular formula is C19H27NO4. The van der Waals surface area contributed by atoms with Crippen LogP contribution in [0.15, 0.2) is 18.2 Å². The second-order valence-corrected chi connectivity index (χ2v) is 7.00. The van der Waals surface area contributed by atoms with E-state index in [0.717, 1.165) is 24.6 Å². The van der Waals surface area contributed by atoms with Gasteiger partial charge in [0.2, 0.25) is 0 Å². The second kappa shape index (κ2) is 7.43. The van der Waals surface area contributed by atoms with E-state index in [9.17, 15) is 9.90 Å². The van der Waals surface area contributed by atoms with Crippen molar-refractivity contribution in [3.63, 3.8) is 0 Å². The molecule has 1 aliphatic carbocycles. The van der Waals surface area contributed by atoms with Gasteiger partial charge >= 0.3 is 5.97 Å². The van der Waals surface area contributed by atoms with Crippen LogP contribution in [0.3, 0.4) is 0 Å². The third-order valence-corrected chi connectivity index (χ3v) is 5.54. The van der Waals surface area contributed by atoms with Crippen molar-refractivity contribution in [2.45, 2.75) is 31.6 Å². The fraction of sp³-hybridized carbons (Fsp3) is 0.632. The second-order valence-electron chi connectivity index (χ2n) is 7.00. The van der Waals surface area contributed by atoms with Crippen molar-refractivity contribution in [3.8, 4) is 11.5 Å². The van der Waals surface area contributed by atoms with Gasteiger partial charge in [-0.25, -0.2) is 0 Å². The van der Waals surface area contributed by atoms with Crippen molar-refractivity contribution >= 4 is 5.97 Å². The Bertz CT molecular complexity index is 583. The molecule has 0 aromatic heterocycles. The number of benzene rings is 1. The van der Waals surface area contributed by atoms with Gasteiger partial charge in [0.1, 0.15) is 0 Å². The summed E-state index contributed by atoms with van der Waals surface area (Å²) in [4.78, 5) is 14.2. The Kier molecular flexibility index (Phi) is 5.29. The molecule has 1 aromatic rings. The molecule has 5 heteroatoms. The Morgan fingerprint density at radius 1 is 1.21 bits per heavy atom. The van der Waals surface area contributed by atoms with Crippen LogP contribution < -0.4 is 9.47 Å². The molecular weight excluding hydrogens is 306 g/mol. The highest BCUT2D eigenvalue weighted by atomic mass is 16.5. The van der Waals surface area contributed by atoms with Crippen LogP contribution in [0.2, 0.25) is 0 Å². The topological polar surface area (TPSA) is 59.0 Å². The largest absolute Gasteiger partial charge is 0.493 e. The summed E-state index contributed by atoms with van der Waals surface area (Å²) in [5.41, 5.74) is 0.943. The van der Waals surface area contributed by atoms with Crippen LogP contribution in [0.25, 0.3) is 0 Å². The van der Waals surface area contributed by atoms with Gasteiger partial charge in [-0.1, -0.05) is 25.0 Å². The summed E-state index contributed by atoms with van der Waals surface area (Å²) in [6.45, 7) is 2.42. The lowest BCUT2D eigenvalue weighted by Gasteiger charge is -2.21. The number of nitrogens with zero attached hydrogens (tertiary/aromatic N) is 1. The Balaban J connectivity index is 1.83. The molecule has 1 saturated heterocycles. The van der Waals surface area contributed by atoms with E-state index in [4.69, 9.17) is 9.47 Å². The smallest absolute Gasteiger partial charge is 0.308 e. The van der Waals surface area contributed by atoms with Gasteiger partial charge in [0.25, 0.3) is 0 Å². The van der Waals surface area contributed by atoms with Crippen molar-refractivity contribution in [1.29, 1.82) is 0 Å². The minimum atomic E-state index is -0.723. The molecule has 5 nitrogen and oxygen atoms in total. The molecule has 0 radical (unpaired) electrons. The van der Waals surface area contributed by atoms with Crippen molar-refractivity contribution in [2.24, 2.45) is 11.8 Å². The van der Waals surface area contributed by atoms with E-state index in [1.165, 1.54) is 25.7 Å². The summed E-state index contributed by atoms with van der Waals surface area (Å²) in [7, 11) is 3.22. The molecule has 2 fully saturated rings. The average molecular weight is 333 g/mol. The van der Waals surface area contributed by atoms with Gasteiger partial charge in [-0.3, -0.25) is 4.79 Å². The highest BCUT2D eigenvalue weighted by Crippen LogP contribution is 2.42. The van der Waals surface area contributed by atoms with Crippen LogP contribution in [0.1, 0.15) is 37.2 Å². The molecule has 0 unspecified atom stereocenters. The minimum absolute atomic E-state index is 0.0612. The predicted octanol–water partition coefficient (Wildman–Crippen LogP) is 2.99. The number of rotatable bonds is 6. The lowest BCUT2D eigenvalue weighted by Crippen LogP contribution is -2.27. The molecule has 0 amide bonds. The third kappa shape index (κ3) is 3.36. The monoisotopic (exact) mass is 333 g/mol. The fourth-order valence-corrected chi connectivity index (χ4v) is 4.36. The molecule has 1 saturated carbocycles. The van der Waals surface area contributed by atoms with E-state index in [-0.39, 0.29) is 5.92 Å². The molecule has 132 valence electrons. The van der Waals surface area contributed by atoms with Crippen LogP contribution in [0.4, 0.5) is 0 Å².